The van der Waals surface area contributed by atoms with Crippen LogP contribution in [-0.4, -0.2) is 32.4 Å². The van der Waals surface area contributed by atoms with Crippen LogP contribution in [0.5, 0.6) is 17.2 Å². The van der Waals surface area contributed by atoms with Crippen LogP contribution >= 0.6 is 0 Å². The lowest BCUT2D eigenvalue weighted by molar-refractivity contribution is 0.0697. The molecule has 2 aromatic rings. The molecule has 2 aliphatic rings. The number of allylic oxidation sites excluding steroid dienone is 2. The number of rotatable bonds is 5. The second kappa shape index (κ2) is 7.11. The Balaban J connectivity index is 1.81. The van der Waals surface area contributed by atoms with Crippen molar-refractivity contribution in [1.29, 1.82) is 0 Å². The normalized spacial score (nSPS) is 22.0. The van der Waals surface area contributed by atoms with Crippen molar-refractivity contribution < 1.29 is 24.1 Å². The summed E-state index contributed by atoms with van der Waals surface area (Å²) >= 11 is 0. The number of carbonyl (C=O) groups is 1. The van der Waals surface area contributed by atoms with Crippen molar-refractivity contribution in [3.05, 3.63) is 59.2 Å². The van der Waals surface area contributed by atoms with Crippen molar-refractivity contribution in [3.63, 3.8) is 0 Å². The number of carboxylic acids is 1. The molecule has 0 radical (unpaired) electrons. The van der Waals surface area contributed by atoms with Crippen molar-refractivity contribution in [3.8, 4) is 17.2 Å². The highest BCUT2D eigenvalue weighted by atomic mass is 16.5. The number of nitrogens with one attached hydrogen (secondary N) is 1. The van der Waals surface area contributed by atoms with Gasteiger partial charge in [0.1, 0.15) is 0 Å². The van der Waals surface area contributed by atoms with E-state index in [1.807, 2.05) is 18.2 Å². The van der Waals surface area contributed by atoms with Gasteiger partial charge in [0.25, 0.3) is 0 Å². The molecule has 0 bridgehead atoms. The minimum Gasteiger partial charge on any atom is -0.493 e. The maximum absolute atomic E-state index is 11.2. The highest BCUT2D eigenvalue weighted by Gasteiger charge is 2.41. The Morgan fingerprint density at radius 1 is 1.07 bits per heavy atom. The van der Waals surface area contributed by atoms with Gasteiger partial charge in [-0.2, -0.15) is 0 Å². The zero-order chi connectivity index (χ0) is 19.8. The Bertz CT molecular complexity index is 935. The Kier molecular flexibility index (Phi) is 4.63. The molecular formula is C22H23NO5. The minimum absolute atomic E-state index is 0.0538. The predicted molar refractivity (Wildman–Crippen MR) is 106 cm³/mol. The van der Waals surface area contributed by atoms with E-state index in [1.54, 1.807) is 33.5 Å². The zero-order valence-corrected chi connectivity index (χ0v) is 16.1. The Labute approximate surface area is 163 Å². The number of fused-ring (bicyclic) bond motifs is 3. The first-order valence-electron chi connectivity index (χ1n) is 9.18. The van der Waals surface area contributed by atoms with Gasteiger partial charge in [0.2, 0.25) is 5.75 Å². The first-order chi connectivity index (χ1) is 13.6. The number of anilines is 1. The summed E-state index contributed by atoms with van der Waals surface area (Å²) < 4.78 is 16.8. The molecule has 6 heteroatoms. The van der Waals surface area contributed by atoms with Gasteiger partial charge in [-0.3, -0.25) is 0 Å². The summed E-state index contributed by atoms with van der Waals surface area (Å²) in [6, 6.07) is 9.08. The summed E-state index contributed by atoms with van der Waals surface area (Å²) in [5, 5.41) is 12.8. The van der Waals surface area contributed by atoms with E-state index in [0.29, 0.717) is 23.2 Å². The van der Waals surface area contributed by atoms with Crippen LogP contribution in [0.4, 0.5) is 5.69 Å². The Morgan fingerprint density at radius 2 is 1.79 bits per heavy atom. The fraction of sp³-hybridized carbons (Fsp3) is 0.318. The molecule has 0 amide bonds. The van der Waals surface area contributed by atoms with Crippen molar-refractivity contribution in [1.82, 2.24) is 0 Å². The SMILES string of the molecule is COc1cc2c(c(OC)c1OC)[C@@H]1C=CC[C@@H]1[C@H](c1ccc(C(=O)O)cc1)N2. The van der Waals surface area contributed by atoms with E-state index in [0.717, 1.165) is 23.2 Å². The summed E-state index contributed by atoms with van der Waals surface area (Å²) in [5.74, 6) is 1.44. The van der Waals surface area contributed by atoms with Crippen LogP contribution in [0.1, 0.15) is 39.9 Å². The van der Waals surface area contributed by atoms with Crippen molar-refractivity contribution in [2.75, 3.05) is 26.6 Å². The third-order valence-corrected chi connectivity index (χ3v) is 5.67. The monoisotopic (exact) mass is 381 g/mol. The van der Waals surface area contributed by atoms with Gasteiger partial charge < -0.3 is 24.6 Å². The molecule has 2 aromatic carbocycles. The highest BCUT2D eigenvalue weighted by Crippen LogP contribution is 2.56. The average Bonchev–Trinajstić information content (AvgIpc) is 3.21. The number of aromatic carboxylic acids is 1. The standard InChI is InChI=1S/C22H23NO5/c1-26-17-11-16-18(21(28-3)20(17)27-2)14-5-4-6-15(14)19(23-16)12-7-9-13(10-8-12)22(24)25/h4-5,7-11,14-15,19,23H,6H2,1-3H3,(H,24,25)/t14-,15+,19+/m1/s1. The van der Waals surface area contributed by atoms with Crippen molar-refractivity contribution in [2.45, 2.75) is 18.4 Å². The van der Waals surface area contributed by atoms with E-state index < -0.39 is 5.97 Å². The number of hydrogen-bond donors (Lipinski definition) is 2. The molecule has 0 fully saturated rings. The van der Waals surface area contributed by atoms with E-state index >= 15 is 0 Å². The molecule has 4 rings (SSSR count). The molecule has 28 heavy (non-hydrogen) atoms. The molecule has 2 N–H and O–H groups in total. The van der Waals surface area contributed by atoms with Gasteiger partial charge in [-0.25, -0.2) is 4.79 Å². The van der Waals surface area contributed by atoms with Crippen molar-refractivity contribution in [2.24, 2.45) is 5.92 Å². The average molecular weight is 381 g/mol. The molecule has 0 spiro atoms. The van der Waals surface area contributed by atoms with Gasteiger partial charge in [0.15, 0.2) is 11.5 Å². The molecule has 3 atom stereocenters. The summed E-state index contributed by atoms with van der Waals surface area (Å²) in [6.07, 6.45) is 5.35. The smallest absolute Gasteiger partial charge is 0.335 e. The van der Waals surface area contributed by atoms with E-state index in [4.69, 9.17) is 19.3 Å². The van der Waals surface area contributed by atoms with Crippen LogP contribution in [0.15, 0.2) is 42.5 Å². The summed E-state index contributed by atoms with van der Waals surface area (Å²) in [5.41, 5.74) is 3.35. The zero-order valence-electron chi connectivity index (χ0n) is 16.1. The first-order valence-corrected chi connectivity index (χ1v) is 9.18. The van der Waals surface area contributed by atoms with E-state index in [-0.39, 0.29) is 17.5 Å². The van der Waals surface area contributed by atoms with Crippen LogP contribution in [-0.2, 0) is 0 Å². The van der Waals surface area contributed by atoms with Gasteiger partial charge >= 0.3 is 5.97 Å². The van der Waals surface area contributed by atoms with Crippen LogP contribution in [0, 0.1) is 5.92 Å². The largest absolute Gasteiger partial charge is 0.493 e. The van der Waals surface area contributed by atoms with Crippen LogP contribution in [0.3, 0.4) is 0 Å². The quantitative estimate of drug-likeness (QED) is 0.755. The molecule has 0 aromatic heterocycles. The number of methoxy groups -OCH3 is 3. The highest BCUT2D eigenvalue weighted by molar-refractivity contribution is 5.87. The second-order valence-corrected chi connectivity index (χ2v) is 7.01. The summed E-state index contributed by atoms with van der Waals surface area (Å²) in [4.78, 5) is 11.2. The predicted octanol–water partition coefficient (Wildman–Crippen LogP) is 4.24. The van der Waals surface area contributed by atoms with Crippen LogP contribution in [0.2, 0.25) is 0 Å². The molecule has 1 aliphatic carbocycles. The number of carboxylic acid groups (broad SMARTS) is 1. The molecule has 0 unspecified atom stereocenters. The van der Waals surface area contributed by atoms with Gasteiger partial charge in [0, 0.05) is 23.2 Å². The number of ether oxygens (including phenoxy) is 3. The second-order valence-electron chi connectivity index (χ2n) is 7.01. The van der Waals surface area contributed by atoms with Gasteiger partial charge in [0.05, 0.1) is 32.9 Å². The fourth-order valence-corrected chi connectivity index (χ4v) is 4.39. The molecule has 0 saturated carbocycles. The maximum atomic E-state index is 11.2. The topological polar surface area (TPSA) is 77.0 Å². The first kappa shape index (κ1) is 18.2. The minimum atomic E-state index is -0.921. The summed E-state index contributed by atoms with van der Waals surface area (Å²) in [7, 11) is 4.85. The number of hydrogen-bond acceptors (Lipinski definition) is 5. The lowest BCUT2D eigenvalue weighted by Gasteiger charge is -2.38. The van der Waals surface area contributed by atoms with Gasteiger partial charge in [-0.05, 0) is 30.0 Å². The van der Waals surface area contributed by atoms with E-state index in [2.05, 4.69) is 17.5 Å². The van der Waals surface area contributed by atoms with Crippen LogP contribution < -0.4 is 19.5 Å². The van der Waals surface area contributed by atoms with E-state index in [1.165, 1.54) is 0 Å². The molecule has 146 valence electrons. The third kappa shape index (κ3) is 2.76. The molecule has 1 aliphatic heterocycles. The lowest BCUT2D eigenvalue weighted by atomic mass is 9.76. The van der Waals surface area contributed by atoms with Gasteiger partial charge in [-0.1, -0.05) is 24.3 Å². The Hall–Kier alpha value is -3.15. The van der Waals surface area contributed by atoms with Gasteiger partial charge in [-0.15, -0.1) is 0 Å². The maximum Gasteiger partial charge on any atom is 0.335 e. The lowest BCUT2D eigenvalue weighted by Crippen LogP contribution is -2.29. The fourth-order valence-electron chi connectivity index (χ4n) is 4.39. The molecule has 1 heterocycles. The van der Waals surface area contributed by atoms with Crippen LogP contribution in [0.25, 0.3) is 0 Å². The van der Waals surface area contributed by atoms with E-state index in [9.17, 15) is 4.79 Å². The third-order valence-electron chi connectivity index (χ3n) is 5.67. The number of benzene rings is 2. The molecule has 0 saturated heterocycles. The Morgan fingerprint density at radius 3 is 2.39 bits per heavy atom. The molecular weight excluding hydrogens is 358 g/mol. The molecule has 6 nitrogen and oxygen atoms in total. The summed E-state index contributed by atoms with van der Waals surface area (Å²) in [6.45, 7) is 0. The van der Waals surface area contributed by atoms with Crippen molar-refractivity contribution >= 4 is 11.7 Å².